The van der Waals surface area contributed by atoms with Gasteiger partial charge in [-0.25, -0.2) is 4.68 Å². The van der Waals surface area contributed by atoms with Crippen molar-refractivity contribution in [3.8, 4) is 0 Å². The highest BCUT2D eigenvalue weighted by Crippen LogP contribution is 2.32. The van der Waals surface area contributed by atoms with Gasteiger partial charge in [-0.1, -0.05) is 59.3 Å². The van der Waals surface area contributed by atoms with Crippen molar-refractivity contribution in [2.24, 2.45) is 5.41 Å². The predicted octanol–water partition coefficient (Wildman–Crippen LogP) is 4.15. The summed E-state index contributed by atoms with van der Waals surface area (Å²) in [4.78, 5) is 0. The fourth-order valence-electron chi connectivity index (χ4n) is 2.62. The van der Waals surface area contributed by atoms with Gasteiger partial charge in [0.2, 0.25) is 0 Å². The first-order valence-corrected chi connectivity index (χ1v) is 7.84. The van der Waals surface area contributed by atoms with Gasteiger partial charge in [-0.05, 0) is 35.6 Å². The average Bonchev–Trinajstić information content (AvgIpc) is 2.78. The topological polar surface area (TPSA) is 43.6 Å². The van der Waals surface area contributed by atoms with Gasteiger partial charge in [-0.2, -0.15) is 0 Å². The Morgan fingerprint density at radius 3 is 2.26 bits per heavy atom. The van der Waals surface area contributed by atoms with Crippen molar-refractivity contribution in [3.63, 3.8) is 0 Å². The van der Waals surface area contributed by atoms with Crippen LogP contribution < -0.4 is 0 Å². The molecule has 1 heterocycles. The zero-order valence-corrected chi connectivity index (χ0v) is 13.2. The lowest BCUT2D eigenvalue weighted by Gasteiger charge is -2.29. The third-order valence-electron chi connectivity index (χ3n) is 4.01. The summed E-state index contributed by atoms with van der Waals surface area (Å²) in [7, 11) is 0. The number of hydrogen-bond donors (Lipinski definition) is 0. The highest BCUT2D eigenvalue weighted by atomic mass is 15.5. The Hall–Kier alpha value is -0.930. The molecule has 0 fully saturated rings. The Balaban J connectivity index is 2.55. The first kappa shape index (κ1) is 16.1. The highest BCUT2D eigenvalue weighted by molar-refractivity contribution is 4.80. The average molecular weight is 266 g/mol. The molecule has 0 amide bonds. The van der Waals surface area contributed by atoms with Crippen molar-refractivity contribution >= 4 is 0 Å². The summed E-state index contributed by atoms with van der Waals surface area (Å²) >= 11 is 0. The monoisotopic (exact) mass is 266 g/mol. The molecule has 0 N–H and O–H groups in total. The van der Waals surface area contributed by atoms with Crippen LogP contribution in [0.5, 0.6) is 0 Å². The van der Waals surface area contributed by atoms with E-state index >= 15 is 0 Å². The van der Waals surface area contributed by atoms with Crippen LogP contribution in [0.1, 0.15) is 78.0 Å². The molecule has 0 bridgehead atoms. The SMILES string of the molecule is CCCCCCC(C)(CCCC)Cn1nnnc1C. The molecule has 0 spiro atoms. The summed E-state index contributed by atoms with van der Waals surface area (Å²) in [5.74, 6) is 0.927. The number of nitrogens with zero attached hydrogens (tertiary/aromatic N) is 4. The molecule has 1 atom stereocenters. The van der Waals surface area contributed by atoms with E-state index < -0.39 is 0 Å². The first-order valence-electron chi connectivity index (χ1n) is 7.84. The van der Waals surface area contributed by atoms with Gasteiger partial charge >= 0.3 is 0 Å². The lowest BCUT2D eigenvalue weighted by atomic mass is 9.80. The van der Waals surface area contributed by atoms with E-state index in [-0.39, 0.29) is 0 Å². The normalized spacial score (nSPS) is 14.5. The molecule has 0 aliphatic heterocycles. The standard InChI is InChI=1S/C15H30N4/c1-5-7-9-10-12-15(4,11-8-6-2)13-19-14(3)16-17-18-19/h5-13H2,1-4H3. The second-order valence-electron chi connectivity index (χ2n) is 6.11. The molecule has 1 rings (SSSR count). The molecule has 1 aromatic rings. The van der Waals surface area contributed by atoms with Gasteiger partial charge in [-0.15, -0.1) is 5.10 Å². The number of rotatable bonds is 10. The van der Waals surface area contributed by atoms with Crippen LogP contribution in [0.3, 0.4) is 0 Å². The van der Waals surface area contributed by atoms with Crippen LogP contribution in [-0.4, -0.2) is 20.2 Å². The molecule has 0 saturated carbocycles. The summed E-state index contributed by atoms with van der Waals surface area (Å²) < 4.78 is 1.97. The number of hydrogen-bond acceptors (Lipinski definition) is 3. The van der Waals surface area contributed by atoms with E-state index in [4.69, 9.17) is 0 Å². The van der Waals surface area contributed by atoms with Crippen LogP contribution in [0.4, 0.5) is 0 Å². The largest absolute Gasteiger partial charge is 0.229 e. The second kappa shape index (κ2) is 8.28. The Morgan fingerprint density at radius 1 is 1.00 bits per heavy atom. The summed E-state index contributed by atoms with van der Waals surface area (Å²) in [5.41, 5.74) is 0.337. The Labute approximate surface area is 118 Å². The van der Waals surface area contributed by atoms with Crippen molar-refractivity contribution < 1.29 is 0 Å². The van der Waals surface area contributed by atoms with Gasteiger partial charge < -0.3 is 0 Å². The molecular formula is C15H30N4. The second-order valence-corrected chi connectivity index (χ2v) is 6.11. The van der Waals surface area contributed by atoms with Gasteiger partial charge in [0.25, 0.3) is 0 Å². The quantitative estimate of drug-likeness (QED) is 0.598. The number of tetrazole rings is 1. The van der Waals surface area contributed by atoms with Crippen molar-refractivity contribution in [1.82, 2.24) is 20.2 Å². The van der Waals surface area contributed by atoms with E-state index in [9.17, 15) is 0 Å². The van der Waals surface area contributed by atoms with E-state index in [0.29, 0.717) is 5.41 Å². The maximum Gasteiger partial charge on any atom is 0.148 e. The van der Waals surface area contributed by atoms with Crippen LogP contribution in [0, 0.1) is 12.3 Å². The maximum atomic E-state index is 4.11. The number of unbranched alkanes of at least 4 members (excludes halogenated alkanes) is 4. The van der Waals surface area contributed by atoms with Crippen LogP contribution in [0.2, 0.25) is 0 Å². The minimum Gasteiger partial charge on any atom is -0.229 e. The first-order chi connectivity index (χ1) is 9.11. The molecule has 0 aromatic carbocycles. The fraction of sp³-hybridized carbons (Fsp3) is 0.933. The summed E-state index contributed by atoms with van der Waals surface area (Å²) in [5, 5.41) is 11.9. The van der Waals surface area contributed by atoms with Gasteiger partial charge in [0.05, 0.1) is 6.54 Å². The molecule has 0 radical (unpaired) electrons. The zero-order valence-electron chi connectivity index (χ0n) is 13.2. The summed E-state index contributed by atoms with van der Waals surface area (Å²) in [6.07, 6.45) is 10.5. The smallest absolute Gasteiger partial charge is 0.148 e. The van der Waals surface area contributed by atoms with E-state index in [0.717, 1.165) is 12.4 Å². The molecule has 0 saturated heterocycles. The molecular weight excluding hydrogens is 236 g/mol. The van der Waals surface area contributed by atoms with Gasteiger partial charge in [0.15, 0.2) is 0 Å². The number of aryl methyl sites for hydroxylation is 1. The maximum absolute atomic E-state index is 4.11. The van der Waals surface area contributed by atoms with Crippen LogP contribution in [-0.2, 0) is 6.54 Å². The lowest BCUT2D eigenvalue weighted by Crippen LogP contribution is -2.25. The molecule has 110 valence electrons. The molecule has 19 heavy (non-hydrogen) atoms. The lowest BCUT2D eigenvalue weighted by molar-refractivity contribution is 0.202. The molecule has 4 heteroatoms. The molecule has 0 aliphatic carbocycles. The van der Waals surface area contributed by atoms with Crippen LogP contribution in [0.25, 0.3) is 0 Å². The molecule has 4 nitrogen and oxygen atoms in total. The van der Waals surface area contributed by atoms with E-state index in [2.05, 4.69) is 36.3 Å². The van der Waals surface area contributed by atoms with E-state index in [1.807, 2.05) is 11.6 Å². The van der Waals surface area contributed by atoms with E-state index in [1.165, 1.54) is 51.4 Å². The van der Waals surface area contributed by atoms with Crippen molar-refractivity contribution in [3.05, 3.63) is 5.82 Å². The van der Waals surface area contributed by atoms with Gasteiger partial charge in [0.1, 0.15) is 5.82 Å². The minimum atomic E-state index is 0.337. The zero-order chi connectivity index (χ0) is 14.1. The van der Waals surface area contributed by atoms with Crippen LogP contribution in [0.15, 0.2) is 0 Å². The highest BCUT2D eigenvalue weighted by Gasteiger charge is 2.25. The minimum absolute atomic E-state index is 0.337. The third kappa shape index (κ3) is 5.70. The number of aromatic nitrogens is 4. The Bertz CT molecular complexity index is 348. The predicted molar refractivity (Wildman–Crippen MR) is 78.9 cm³/mol. The van der Waals surface area contributed by atoms with E-state index in [1.54, 1.807) is 0 Å². The van der Waals surface area contributed by atoms with Crippen LogP contribution >= 0.6 is 0 Å². The molecule has 1 unspecified atom stereocenters. The fourth-order valence-corrected chi connectivity index (χ4v) is 2.62. The van der Waals surface area contributed by atoms with Crippen molar-refractivity contribution in [1.29, 1.82) is 0 Å². The summed E-state index contributed by atoms with van der Waals surface area (Å²) in [6.45, 7) is 9.87. The third-order valence-corrected chi connectivity index (χ3v) is 4.01. The molecule has 0 aliphatic rings. The Kier molecular flexibility index (Phi) is 7.03. The van der Waals surface area contributed by atoms with Gasteiger partial charge in [0, 0.05) is 0 Å². The van der Waals surface area contributed by atoms with Crippen molar-refractivity contribution in [2.75, 3.05) is 0 Å². The molecule has 1 aromatic heterocycles. The van der Waals surface area contributed by atoms with Gasteiger partial charge in [-0.3, -0.25) is 0 Å². The summed E-state index contributed by atoms with van der Waals surface area (Å²) in [6, 6.07) is 0. The van der Waals surface area contributed by atoms with Crippen molar-refractivity contribution in [2.45, 2.75) is 85.6 Å². The Morgan fingerprint density at radius 2 is 1.68 bits per heavy atom.